The third-order valence-electron chi connectivity index (χ3n) is 6.27. The summed E-state index contributed by atoms with van der Waals surface area (Å²) in [5.41, 5.74) is 3.21. The highest BCUT2D eigenvalue weighted by Crippen LogP contribution is 2.82. The predicted octanol–water partition coefficient (Wildman–Crippen LogP) is 4.81. The van der Waals surface area contributed by atoms with Gasteiger partial charge in [0.1, 0.15) is 0 Å². The molecule has 0 aromatic heterocycles. The molecular formula is C16H26. The molecule has 4 unspecified atom stereocenters. The predicted molar refractivity (Wildman–Crippen MR) is 69.2 cm³/mol. The Kier molecular flexibility index (Phi) is 2.14. The molecule has 0 bridgehead atoms. The summed E-state index contributed by atoms with van der Waals surface area (Å²) in [6.07, 6.45) is 9.87. The van der Waals surface area contributed by atoms with Crippen molar-refractivity contribution >= 4 is 0 Å². The van der Waals surface area contributed by atoms with Crippen LogP contribution >= 0.6 is 0 Å². The maximum absolute atomic E-state index is 2.64. The largest absolute Gasteiger partial charge is 0.0816 e. The second-order valence-electron chi connectivity index (χ2n) is 6.79. The SMILES string of the molecule is CCC(C)C=C1C2CC2C1(C)C1(CC)CC1. The van der Waals surface area contributed by atoms with E-state index in [9.17, 15) is 0 Å². The van der Waals surface area contributed by atoms with Crippen molar-refractivity contribution < 1.29 is 0 Å². The van der Waals surface area contributed by atoms with Crippen molar-refractivity contribution in [3.05, 3.63) is 11.6 Å². The zero-order valence-electron chi connectivity index (χ0n) is 11.3. The standard InChI is InChI=1S/C16H26/c1-5-11(3)9-13-12-10-14(12)15(13,4)16(6-2)7-8-16/h9,11-12,14H,5-8,10H2,1-4H3. The molecule has 0 aromatic carbocycles. The molecule has 3 saturated carbocycles. The van der Waals surface area contributed by atoms with Gasteiger partial charge in [-0.1, -0.05) is 45.8 Å². The molecule has 0 nitrogen and oxygen atoms in total. The number of fused-ring (bicyclic) bond motifs is 1. The zero-order valence-corrected chi connectivity index (χ0v) is 11.3. The Balaban J connectivity index is 1.88. The van der Waals surface area contributed by atoms with Crippen LogP contribution in [0.25, 0.3) is 0 Å². The summed E-state index contributed by atoms with van der Waals surface area (Å²) < 4.78 is 0. The van der Waals surface area contributed by atoms with E-state index in [-0.39, 0.29) is 0 Å². The summed E-state index contributed by atoms with van der Waals surface area (Å²) in [6.45, 7) is 9.70. The minimum absolute atomic E-state index is 0.621. The Morgan fingerprint density at radius 2 is 2.06 bits per heavy atom. The molecule has 0 radical (unpaired) electrons. The first kappa shape index (κ1) is 10.9. The molecule has 0 amide bonds. The second kappa shape index (κ2) is 3.15. The second-order valence-corrected chi connectivity index (χ2v) is 6.79. The van der Waals surface area contributed by atoms with Gasteiger partial charge in [0.05, 0.1) is 0 Å². The van der Waals surface area contributed by atoms with Gasteiger partial charge in [0.2, 0.25) is 0 Å². The Hall–Kier alpha value is -0.260. The summed E-state index contributed by atoms with van der Waals surface area (Å²) in [5, 5.41) is 0. The molecule has 0 heterocycles. The van der Waals surface area contributed by atoms with Gasteiger partial charge < -0.3 is 0 Å². The topological polar surface area (TPSA) is 0 Å². The molecule has 4 atom stereocenters. The number of allylic oxidation sites excluding steroid dienone is 2. The fraction of sp³-hybridized carbons (Fsp3) is 0.875. The van der Waals surface area contributed by atoms with E-state index in [4.69, 9.17) is 0 Å². The molecule has 0 heteroatoms. The minimum Gasteiger partial charge on any atom is -0.0816 e. The van der Waals surface area contributed by atoms with E-state index in [0.717, 1.165) is 23.2 Å². The summed E-state index contributed by atoms with van der Waals surface area (Å²) in [7, 11) is 0. The quantitative estimate of drug-likeness (QED) is 0.594. The lowest BCUT2D eigenvalue weighted by atomic mass is 9.55. The zero-order chi connectivity index (χ0) is 11.6. The average molecular weight is 218 g/mol. The smallest absolute Gasteiger partial charge is 0.00230 e. The van der Waals surface area contributed by atoms with E-state index in [0.29, 0.717) is 5.41 Å². The van der Waals surface area contributed by atoms with Gasteiger partial charge in [0, 0.05) is 0 Å². The molecule has 0 spiro atoms. The lowest BCUT2D eigenvalue weighted by Gasteiger charge is -2.49. The van der Waals surface area contributed by atoms with Crippen molar-refractivity contribution in [3.8, 4) is 0 Å². The summed E-state index contributed by atoms with van der Waals surface area (Å²) >= 11 is 0. The van der Waals surface area contributed by atoms with E-state index < -0.39 is 0 Å². The highest BCUT2D eigenvalue weighted by Gasteiger charge is 2.74. The molecular weight excluding hydrogens is 192 g/mol. The molecule has 90 valence electrons. The first-order valence-corrected chi connectivity index (χ1v) is 7.31. The Bertz CT molecular complexity index is 334. The monoisotopic (exact) mass is 218 g/mol. The van der Waals surface area contributed by atoms with Gasteiger partial charge in [0.15, 0.2) is 0 Å². The molecule has 0 N–H and O–H groups in total. The van der Waals surface area contributed by atoms with Gasteiger partial charge in [-0.05, 0) is 54.3 Å². The van der Waals surface area contributed by atoms with E-state index in [1.807, 2.05) is 5.57 Å². The fourth-order valence-electron chi connectivity index (χ4n) is 4.49. The van der Waals surface area contributed by atoms with Crippen LogP contribution in [0.1, 0.15) is 59.8 Å². The third-order valence-corrected chi connectivity index (χ3v) is 6.27. The summed E-state index contributed by atoms with van der Waals surface area (Å²) in [4.78, 5) is 0. The van der Waals surface area contributed by atoms with E-state index in [2.05, 4.69) is 33.8 Å². The van der Waals surface area contributed by atoms with Crippen LogP contribution in [0.5, 0.6) is 0 Å². The number of hydrogen-bond acceptors (Lipinski definition) is 0. The first-order chi connectivity index (χ1) is 7.59. The van der Waals surface area contributed by atoms with Crippen LogP contribution < -0.4 is 0 Å². The summed E-state index contributed by atoms with van der Waals surface area (Å²) in [6, 6.07) is 0. The highest BCUT2D eigenvalue weighted by molar-refractivity contribution is 5.43. The average Bonchev–Trinajstić information content (AvgIpc) is 3.16. The molecule has 3 aliphatic rings. The van der Waals surface area contributed by atoms with Crippen LogP contribution in [-0.4, -0.2) is 0 Å². The van der Waals surface area contributed by atoms with Gasteiger partial charge in [0.25, 0.3) is 0 Å². The van der Waals surface area contributed by atoms with Gasteiger partial charge in [-0.2, -0.15) is 0 Å². The molecule has 0 saturated heterocycles. The molecule has 3 aliphatic carbocycles. The van der Waals surface area contributed by atoms with Crippen molar-refractivity contribution in [3.63, 3.8) is 0 Å². The van der Waals surface area contributed by atoms with Gasteiger partial charge in [-0.15, -0.1) is 0 Å². The van der Waals surface area contributed by atoms with Crippen LogP contribution in [-0.2, 0) is 0 Å². The van der Waals surface area contributed by atoms with Crippen molar-refractivity contribution in [1.82, 2.24) is 0 Å². The minimum atomic E-state index is 0.621. The number of rotatable bonds is 4. The molecule has 0 aromatic rings. The normalized spacial score (nSPS) is 47.1. The van der Waals surface area contributed by atoms with E-state index >= 15 is 0 Å². The van der Waals surface area contributed by atoms with Gasteiger partial charge in [-0.25, -0.2) is 0 Å². The maximum atomic E-state index is 2.64. The summed E-state index contributed by atoms with van der Waals surface area (Å²) in [5.74, 6) is 2.89. The molecule has 0 aliphatic heterocycles. The third kappa shape index (κ3) is 1.11. The van der Waals surface area contributed by atoms with Gasteiger partial charge in [-0.3, -0.25) is 0 Å². The lowest BCUT2D eigenvalue weighted by Crippen LogP contribution is -2.41. The van der Waals surface area contributed by atoms with Crippen molar-refractivity contribution in [2.45, 2.75) is 59.8 Å². The van der Waals surface area contributed by atoms with Crippen LogP contribution in [0.2, 0.25) is 0 Å². The van der Waals surface area contributed by atoms with Crippen LogP contribution in [0, 0.1) is 28.6 Å². The Morgan fingerprint density at radius 3 is 2.56 bits per heavy atom. The van der Waals surface area contributed by atoms with Gasteiger partial charge >= 0.3 is 0 Å². The fourth-order valence-corrected chi connectivity index (χ4v) is 4.49. The van der Waals surface area contributed by atoms with Crippen LogP contribution in [0.3, 0.4) is 0 Å². The van der Waals surface area contributed by atoms with Crippen LogP contribution in [0.15, 0.2) is 11.6 Å². The van der Waals surface area contributed by atoms with Crippen molar-refractivity contribution in [2.24, 2.45) is 28.6 Å². The van der Waals surface area contributed by atoms with Crippen LogP contribution in [0.4, 0.5) is 0 Å². The van der Waals surface area contributed by atoms with E-state index in [1.165, 1.54) is 32.1 Å². The van der Waals surface area contributed by atoms with Crippen molar-refractivity contribution in [1.29, 1.82) is 0 Å². The number of hydrogen-bond donors (Lipinski definition) is 0. The maximum Gasteiger partial charge on any atom is -0.00230 e. The Morgan fingerprint density at radius 1 is 1.38 bits per heavy atom. The molecule has 3 fully saturated rings. The Labute approximate surface area is 101 Å². The van der Waals surface area contributed by atoms with E-state index in [1.54, 1.807) is 0 Å². The molecule has 16 heavy (non-hydrogen) atoms. The van der Waals surface area contributed by atoms with Crippen molar-refractivity contribution in [2.75, 3.05) is 0 Å². The lowest BCUT2D eigenvalue weighted by molar-refractivity contribution is 0.107. The molecule has 3 rings (SSSR count). The highest BCUT2D eigenvalue weighted by atomic mass is 14.8. The first-order valence-electron chi connectivity index (χ1n) is 7.31.